The Hall–Kier alpha value is -3.28. The Kier molecular flexibility index (Phi) is 6.32. The van der Waals surface area contributed by atoms with E-state index >= 15 is 0 Å². The van der Waals surface area contributed by atoms with Crippen molar-refractivity contribution >= 4 is 0 Å². The highest BCUT2D eigenvalue weighted by atomic mass is 19.1. The van der Waals surface area contributed by atoms with Gasteiger partial charge in [-0.25, -0.2) is 4.39 Å². The third-order valence-electron chi connectivity index (χ3n) is 5.13. The number of hydrogen-bond acceptors (Lipinski definition) is 3. The van der Waals surface area contributed by atoms with Gasteiger partial charge in [0.2, 0.25) is 0 Å². The van der Waals surface area contributed by atoms with Gasteiger partial charge in [0.1, 0.15) is 5.82 Å². The zero-order valence-corrected chi connectivity index (χ0v) is 16.8. The summed E-state index contributed by atoms with van der Waals surface area (Å²) in [5.74, 6) is -0.242. The molecule has 0 saturated carbocycles. The SMILES string of the molecule is COCCNC(c1cn[nH]c1)c1ccc(F)c(-c2ccc(-c3ccccc3)cc2)c1. The quantitative estimate of drug-likeness (QED) is 0.399. The van der Waals surface area contributed by atoms with Crippen LogP contribution in [0.25, 0.3) is 22.3 Å². The summed E-state index contributed by atoms with van der Waals surface area (Å²) in [6.45, 7) is 1.26. The second-order valence-corrected chi connectivity index (χ2v) is 7.09. The first-order valence-electron chi connectivity index (χ1n) is 9.92. The summed E-state index contributed by atoms with van der Waals surface area (Å²) < 4.78 is 19.9. The molecular weight excluding hydrogens is 377 g/mol. The molecule has 0 aliphatic carbocycles. The Bertz CT molecular complexity index is 1060. The van der Waals surface area contributed by atoms with Crippen molar-refractivity contribution in [3.63, 3.8) is 0 Å². The Morgan fingerprint density at radius 3 is 2.37 bits per heavy atom. The molecular formula is C25H24FN3O. The van der Waals surface area contributed by atoms with Crippen LogP contribution >= 0.6 is 0 Å². The van der Waals surface area contributed by atoms with Crippen LogP contribution in [0.15, 0.2) is 85.2 Å². The molecule has 5 heteroatoms. The monoisotopic (exact) mass is 401 g/mol. The molecule has 4 nitrogen and oxygen atoms in total. The third-order valence-corrected chi connectivity index (χ3v) is 5.13. The molecule has 1 unspecified atom stereocenters. The molecule has 30 heavy (non-hydrogen) atoms. The lowest BCUT2D eigenvalue weighted by Crippen LogP contribution is -2.25. The van der Waals surface area contributed by atoms with Crippen molar-refractivity contribution in [1.29, 1.82) is 0 Å². The third kappa shape index (κ3) is 4.48. The van der Waals surface area contributed by atoms with E-state index in [1.54, 1.807) is 13.3 Å². The second-order valence-electron chi connectivity index (χ2n) is 7.09. The van der Waals surface area contributed by atoms with Crippen LogP contribution in [-0.2, 0) is 4.74 Å². The normalized spacial score (nSPS) is 12.1. The fourth-order valence-corrected chi connectivity index (χ4v) is 3.57. The number of nitrogens with zero attached hydrogens (tertiary/aromatic N) is 1. The molecule has 0 bridgehead atoms. The number of methoxy groups -OCH3 is 1. The van der Waals surface area contributed by atoms with Crippen LogP contribution < -0.4 is 5.32 Å². The van der Waals surface area contributed by atoms with Gasteiger partial charge in [0.15, 0.2) is 0 Å². The Balaban J connectivity index is 1.65. The van der Waals surface area contributed by atoms with Gasteiger partial charge in [-0.2, -0.15) is 5.10 Å². The highest BCUT2D eigenvalue weighted by Crippen LogP contribution is 2.30. The van der Waals surface area contributed by atoms with Crippen LogP contribution in [0.2, 0.25) is 0 Å². The number of H-pyrrole nitrogens is 1. The zero-order valence-electron chi connectivity index (χ0n) is 16.8. The number of rotatable bonds is 8. The van der Waals surface area contributed by atoms with Gasteiger partial charge in [0, 0.05) is 31.0 Å². The zero-order chi connectivity index (χ0) is 20.8. The van der Waals surface area contributed by atoms with Crippen molar-refractivity contribution in [3.05, 3.63) is 102 Å². The van der Waals surface area contributed by atoms with Crippen LogP contribution in [0.3, 0.4) is 0 Å². The maximum Gasteiger partial charge on any atom is 0.131 e. The molecule has 0 amide bonds. The second kappa shape index (κ2) is 9.48. The molecule has 2 N–H and O–H groups in total. The molecule has 1 aromatic heterocycles. The molecule has 0 saturated heterocycles. The van der Waals surface area contributed by atoms with Crippen molar-refractivity contribution in [3.8, 4) is 22.3 Å². The molecule has 0 aliphatic heterocycles. The number of hydrogen-bond donors (Lipinski definition) is 2. The van der Waals surface area contributed by atoms with E-state index in [0.717, 1.165) is 27.8 Å². The molecule has 3 aromatic carbocycles. The number of aromatic amines is 1. The fraction of sp³-hybridized carbons (Fsp3) is 0.160. The smallest absolute Gasteiger partial charge is 0.131 e. The largest absolute Gasteiger partial charge is 0.383 e. The van der Waals surface area contributed by atoms with Crippen LogP contribution in [0.5, 0.6) is 0 Å². The van der Waals surface area contributed by atoms with Gasteiger partial charge in [-0.15, -0.1) is 0 Å². The standard InChI is InChI=1S/C25H24FN3O/c1-30-14-13-27-25(22-16-28-29-17-22)21-11-12-24(26)23(15-21)20-9-7-19(8-10-20)18-5-3-2-4-6-18/h2-12,15-17,25,27H,13-14H2,1H3,(H,28,29). The minimum absolute atomic E-state index is 0.109. The van der Waals surface area contributed by atoms with Crippen LogP contribution in [-0.4, -0.2) is 30.5 Å². The van der Waals surface area contributed by atoms with Crippen molar-refractivity contribution in [2.24, 2.45) is 0 Å². The van der Waals surface area contributed by atoms with Crippen molar-refractivity contribution in [1.82, 2.24) is 15.5 Å². The van der Waals surface area contributed by atoms with Crippen LogP contribution in [0.4, 0.5) is 4.39 Å². The molecule has 0 radical (unpaired) electrons. The van der Waals surface area contributed by atoms with Crippen LogP contribution in [0, 0.1) is 5.82 Å². The maximum atomic E-state index is 14.7. The lowest BCUT2D eigenvalue weighted by Gasteiger charge is -2.19. The molecule has 0 spiro atoms. The first-order valence-corrected chi connectivity index (χ1v) is 9.92. The van der Waals surface area contributed by atoms with E-state index in [-0.39, 0.29) is 11.9 Å². The van der Waals surface area contributed by atoms with Gasteiger partial charge >= 0.3 is 0 Å². The number of benzene rings is 3. The van der Waals surface area contributed by atoms with Gasteiger partial charge in [-0.1, -0.05) is 60.7 Å². The minimum Gasteiger partial charge on any atom is -0.383 e. The highest BCUT2D eigenvalue weighted by Gasteiger charge is 2.17. The van der Waals surface area contributed by atoms with Crippen molar-refractivity contribution in [2.75, 3.05) is 20.3 Å². The van der Waals surface area contributed by atoms with E-state index in [9.17, 15) is 4.39 Å². The van der Waals surface area contributed by atoms with Gasteiger partial charge in [0.05, 0.1) is 18.8 Å². The summed E-state index contributed by atoms with van der Waals surface area (Å²) >= 11 is 0. The topological polar surface area (TPSA) is 49.9 Å². The van der Waals surface area contributed by atoms with E-state index < -0.39 is 0 Å². The predicted molar refractivity (Wildman–Crippen MR) is 118 cm³/mol. The molecule has 1 heterocycles. The van der Waals surface area contributed by atoms with Crippen molar-refractivity contribution in [2.45, 2.75) is 6.04 Å². The average molecular weight is 401 g/mol. The predicted octanol–water partition coefficient (Wildman–Crippen LogP) is 5.21. The number of aromatic nitrogens is 2. The lowest BCUT2D eigenvalue weighted by atomic mass is 9.95. The number of nitrogens with one attached hydrogen (secondary N) is 2. The summed E-state index contributed by atoms with van der Waals surface area (Å²) in [5, 5.41) is 10.4. The van der Waals surface area contributed by atoms with Gasteiger partial charge < -0.3 is 10.1 Å². The summed E-state index contributed by atoms with van der Waals surface area (Å²) in [7, 11) is 1.67. The van der Waals surface area contributed by atoms with Crippen molar-refractivity contribution < 1.29 is 9.13 Å². The van der Waals surface area contributed by atoms with E-state index in [1.807, 2.05) is 60.8 Å². The van der Waals surface area contributed by atoms with E-state index in [1.165, 1.54) is 6.07 Å². The lowest BCUT2D eigenvalue weighted by molar-refractivity contribution is 0.197. The van der Waals surface area contributed by atoms with Gasteiger partial charge in [-0.05, 0) is 34.4 Å². The summed E-state index contributed by atoms with van der Waals surface area (Å²) in [5.41, 5.74) is 5.62. The Morgan fingerprint density at radius 1 is 0.933 bits per heavy atom. The average Bonchev–Trinajstić information content (AvgIpc) is 3.33. The molecule has 4 rings (SSSR count). The molecule has 1 atom stereocenters. The van der Waals surface area contributed by atoms with Crippen LogP contribution in [0.1, 0.15) is 17.2 Å². The minimum atomic E-state index is -0.242. The van der Waals surface area contributed by atoms with E-state index in [0.29, 0.717) is 18.7 Å². The summed E-state index contributed by atoms with van der Waals surface area (Å²) in [6.07, 6.45) is 3.63. The Morgan fingerprint density at radius 2 is 1.67 bits per heavy atom. The molecule has 4 aromatic rings. The number of halogens is 1. The maximum absolute atomic E-state index is 14.7. The fourth-order valence-electron chi connectivity index (χ4n) is 3.57. The summed E-state index contributed by atoms with van der Waals surface area (Å²) in [6, 6.07) is 23.3. The van der Waals surface area contributed by atoms with Gasteiger partial charge in [-0.3, -0.25) is 5.10 Å². The summed E-state index contributed by atoms with van der Waals surface area (Å²) in [4.78, 5) is 0. The Labute approximate surface area is 175 Å². The molecule has 152 valence electrons. The number of ether oxygens (including phenoxy) is 1. The molecule has 0 fully saturated rings. The first-order chi connectivity index (χ1) is 14.8. The molecule has 0 aliphatic rings. The van der Waals surface area contributed by atoms with E-state index in [4.69, 9.17) is 4.74 Å². The van der Waals surface area contributed by atoms with E-state index in [2.05, 4.69) is 27.6 Å². The highest BCUT2D eigenvalue weighted by molar-refractivity contribution is 5.71. The first kappa shape index (κ1) is 20.0. The van der Waals surface area contributed by atoms with Gasteiger partial charge in [0.25, 0.3) is 0 Å².